The van der Waals surface area contributed by atoms with Crippen LogP contribution in [-0.2, 0) is 13.2 Å². The van der Waals surface area contributed by atoms with Gasteiger partial charge in [-0.05, 0) is 53.6 Å². The molecule has 0 radical (unpaired) electrons. The first-order chi connectivity index (χ1) is 22.4. The van der Waals surface area contributed by atoms with Crippen LogP contribution in [0.15, 0.2) is 107 Å². The van der Waals surface area contributed by atoms with E-state index in [4.69, 9.17) is 38.4 Å². The van der Waals surface area contributed by atoms with Gasteiger partial charge in [0.2, 0.25) is 0 Å². The number of allylic oxidation sites excluding steroid dienone is 1. The number of hydrogen-bond donors (Lipinski definition) is 1. The first-order valence-corrected chi connectivity index (χ1v) is 15.7. The Labute approximate surface area is 278 Å². The molecule has 0 amide bonds. The Morgan fingerprint density at radius 3 is 1.83 bits per heavy atom. The van der Waals surface area contributed by atoms with Crippen molar-refractivity contribution < 1.29 is 9.47 Å². The minimum Gasteiger partial charge on any atom is -0.489 e. The zero-order valence-electron chi connectivity index (χ0n) is 24.1. The Morgan fingerprint density at radius 2 is 1.30 bits per heavy atom. The Balaban J connectivity index is 1.29. The van der Waals surface area contributed by atoms with Gasteiger partial charge in [0.25, 0.3) is 5.56 Å². The lowest BCUT2D eigenvalue weighted by atomic mass is 9.84. The number of thiazole rings is 1. The van der Waals surface area contributed by atoms with Crippen LogP contribution in [0.5, 0.6) is 11.5 Å². The summed E-state index contributed by atoms with van der Waals surface area (Å²) in [6.07, 6.45) is 1.73. The van der Waals surface area contributed by atoms with E-state index in [1.165, 1.54) is 4.57 Å². The van der Waals surface area contributed by atoms with E-state index in [1.807, 2.05) is 54.6 Å². The van der Waals surface area contributed by atoms with Crippen LogP contribution in [0.4, 0.5) is 0 Å². The van der Waals surface area contributed by atoms with Gasteiger partial charge in [-0.3, -0.25) is 9.36 Å². The average molecular weight is 664 g/mol. The summed E-state index contributed by atoms with van der Waals surface area (Å²) in [5, 5.41) is 21.7. The minimum absolute atomic E-state index is 0.00441. The zero-order valence-corrected chi connectivity index (χ0v) is 26.4. The number of halogens is 2. The molecule has 4 aromatic carbocycles. The molecule has 7 nitrogen and oxygen atoms in total. The van der Waals surface area contributed by atoms with Crippen molar-refractivity contribution in [3.63, 3.8) is 0 Å². The molecule has 6 rings (SSSR count). The maximum atomic E-state index is 13.5. The van der Waals surface area contributed by atoms with Gasteiger partial charge in [-0.1, -0.05) is 83.9 Å². The third-order valence-electron chi connectivity index (χ3n) is 7.48. The van der Waals surface area contributed by atoms with E-state index in [0.717, 1.165) is 28.0 Å². The number of nitrogens with zero attached hydrogens (tertiary/aromatic N) is 3. The van der Waals surface area contributed by atoms with Crippen LogP contribution in [0.25, 0.3) is 17.5 Å². The van der Waals surface area contributed by atoms with E-state index in [-0.39, 0.29) is 23.6 Å². The summed E-state index contributed by atoms with van der Waals surface area (Å²) in [7, 11) is 0. The molecule has 1 aromatic heterocycles. The molecule has 0 saturated heterocycles. The molecule has 1 aliphatic rings. The van der Waals surface area contributed by atoms with Crippen LogP contribution in [0.1, 0.15) is 28.2 Å². The maximum Gasteiger partial charge on any atom is 0.274 e. The third kappa shape index (κ3) is 6.15. The zero-order chi connectivity index (χ0) is 32.2. The van der Waals surface area contributed by atoms with Gasteiger partial charge < -0.3 is 15.2 Å². The van der Waals surface area contributed by atoms with Gasteiger partial charge in [0.15, 0.2) is 0 Å². The highest BCUT2D eigenvalue weighted by Crippen LogP contribution is 2.36. The lowest BCUT2D eigenvalue weighted by Crippen LogP contribution is -2.38. The molecule has 2 heterocycles. The molecule has 0 spiro atoms. The van der Waals surface area contributed by atoms with Crippen LogP contribution in [-0.4, -0.2) is 4.57 Å². The first-order valence-electron chi connectivity index (χ1n) is 14.1. The summed E-state index contributed by atoms with van der Waals surface area (Å²) >= 11 is 13.6. The van der Waals surface area contributed by atoms with Crippen LogP contribution >= 0.6 is 34.5 Å². The smallest absolute Gasteiger partial charge is 0.274 e. The fourth-order valence-electron chi connectivity index (χ4n) is 5.11. The fourth-order valence-corrected chi connectivity index (χ4v) is 6.61. The minimum atomic E-state index is -0.743. The summed E-state index contributed by atoms with van der Waals surface area (Å²) < 4.78 is 13.8. The van der Waals surface area contributed by atoms with Crippen molar-refractivity contribution in [2.24, 2.45) is 5.73 Å². The SMILES string of the molecule is N#CC1=C(N)n2c(s/c(=C\c3ccc(OCc4ccccc4Cl)cc3)c2=O)=C(C#N)C1c1ccc(OCc2ccccc2Cl)cc1. The second kappa shape index (κ2) is 13.4. The van der Waals surface area contributed by atoms with E-state index in [2.05, 4.69) is 12.1 Å². The highest BCUT2D eigenvalue weighted by molar-refractivity contribution is 7.07. The topological polar surface area (TPSA) is 114 Å². The van der Waals surface area contributed by atoms with Gasteiger partial charge in [-0.2, -0.15) is 10.5 Å². The van der Waals surface area contributed by atoms with Gasteiger partial charge >= 0.3 is 0 Å². The summed E-state index contributed by atoms with van der Waals surface area (Å²) in [5.41, 5.74) is 9.59. The summed E-state index contributed by atoms with van der Waals surface area (Å²) in [6, 6.07) is 33.7. The average Bonchev–Trinajstić information content (AvgIpc) is 3.40. The van der Waals surface area contributed by atoms with Crippen molar-refractivity contribution in [3.8, 4) is 23.6 Å². The van der Waals surface area contributed by atoms with E-state index < -0.39 is 11.5 Å². The Kier molecular flexibility index (Phi) is 8.96. The number of hydrogen-bond acceptors (Lipinski definition) is 7. The van der Waals surface area contributed by atoms with Crippen molar-refractivity contribution in [2.75, 3.05) is 0 Å². The quantitative estimate of drug-likeness (QED) is 0.208. The van der Waals surface area contributed by atoms with Crippen molar-refractivity contribution in [1.82, 2.24) is 4.57 Å². The Hall–Kier alpha value is -5.25. The summed E-state index contributed by atoms with van der Waals surface area (Å²) in [5.74, 6) is 0.504. The highest BCUT2D eigenvalue weighted by Gasteiger charge is 2.32. The van der Waals surface area contributed by atoms with Crippen LogP contribution in [0, 0.1) is 22.7 Å². The monoisotopic (exact) mass is 662 g/mol. The molecular formula is C36H24Cl2N4O3S. The largest absolute Gasteiger partial charge is 0.489 e. The summed E-state index contributed by atoms with van der Waals surface area (Å²) in [4.78, 5) is 13.5. The Morgan fingerprint density at radius 1 is 0.783 bits per heavy atom. The van der Waals surface area contributed by atoms with E-state index >= 15 is 0 Å². The molecule has 226 valence electrons. The van der Waals surface area contributed by atoms with Gasteiger partial charge in [-0.15, -0.1) is 11.3 Å². The molecule has 0 bridgehead atoms. The van der Waals surface area contributed by atoms with Crippen molar-refractivity contribution in [2.45, 2.75) is 19.1 Å². The number of nitrogens with two attached hydrogens (primary N) is 1. The van der Waals surface area contributed by atoms with Gasteiger partial charge in [0.1, 0.15) is 35.2 Å². The molecule has 10 heteroatoms. The van der Waals surface area contributed by atoms with Crippen molar-refractivity contribution in [3.05, 3.63) is 154 Å². The number of fused-ring (bicyclic) bond motifs is 1. The molecular weight excluding hydrogens is 639 g/mol. The van der Waals surface area contributed by atoms with E-state index in [1.54, 1.807) is 48.5 Å². The first kappa shape index (κ1) is 30.8. The van der Waals surface area contributed by atoms with Crippen molar-refractivity contribution in [1.29, 1.82) is 10.5 Å². The molecule has 46 heavy (non-hydrogen) atoms. The molecule has 1 atom stereocenters. The van der Waals surface area contributed by atoms with E-state index in [0.29, 0.717) is 42.9 Å². The predicted molar refractivity (Wildman–Crippen MR) is 181 cm³/mol. The standard InChI is InChI=1S/C36H24Cl2N4O3S/c37-30-7-3-1-5-24(30)20-44-26-13-9-22(10-14-26)17-32-35(43)42-34(41)28(18-39)33(29(19-40)36(42)46-32)23-11-15-27(16-12-23)45-21-25-6-2-4-8-31(25)38/h1-17,33H,20-21,41H2/b32-17-. The maximum absolute atomic E-state index is 13.5. The Bertz CT molecular complexity index is 2240. The lowest BCUT2D eigenvalue weighted by molar-refractivity contribution is 0.306. The molecule has 1 aliphatic heterocycles. The van der Waals surface area contributed by atoms with E-state index in [9.17, 15) is 15.3 Å². The predicted octanol–water partition coefficient (Wildman–Crippen LogP) is 6.33. The van der Waals surface area contributed by atoms with Crippen LogP contribution in [0.2, 0.25) is 10.0 Å². The molecule has 0 saturated carbocycles. The second-order valence-electron chi connectivity index (χ2n) is 10.3. The highest BCUT2D eigenvalue weighted by atomic mass is 35.5. The normalized spacial score (nSPS) is 14.4. The second-order valence-corrected chi connectivity index (χ2v) is 12.2. The molecule has 1 unspecified atom stereocenters. The van der Waals surface area contributed by atoms with Crippen molar-refractivity contribution >= 4 is 52.0 Å². The van der Waals surface area contributed by atoms with Gasteiger partial charge in [0.05, 0.1) is 33.7 Å². The van der Waals surface area contributed by atoms with Gasteiger partial charge in [0, 0.05) is 21.2 Å². The van der Waals surface area contributed by atoms with Crippen LogP contribution in [0.3, 0.4) is 0 Å². The number of nitriles is 2. The summed E-state index contributed by atoms with van der Waals surface area (Å²) in [6.45, 7) is 0.605. The molecule has 2 N–H and O–H groups in total. The molecule has 0 aliphatic carbocycles. The number of benzene rings is 4. The number of aromatic nitrogens is 1. The number of ether oxygens (including phenoxy) is 2. The van der Waals surface area contributed by atoms with Gasteiger partial charge in [-0.25, -0.2) is 0 Å². The lowest BCUT2D eigenvalue weighted by Gasteiger charge is -2.22. The number of rotatable bonds is 8. The third-order valence-corrected chi connectivity index (χ3v) is 9.33. The van der Waals surface area contributed by atoms with Crippen LogP contribution < -0.4 is 30.0 Å². The molecule has 0 fully saturated rings. The molecule has 5 aromatic rings. The fraction of sp³-hybridized carbons (Fsp3) is 0.0833.